The zero-order chi connectivity index (χ0) is 17.8. The van der Waals surface area contributed by atoms with Crippen LogP contribution < -0.4 is 5.32 Å². The van der Waals surface area contributed by atoms with Crippen molar-refractivity contribution in [2.24, 2.45) is 0 Å². The number of hydrogen-bond acceptors (Lipinski definition) is 3. The van der Waals surface area contributed by atoms with E-state index in [2.05, 4.69) is 37.4 Å². The largest absolute Gasteiger partial charge is 0.368 e. The summed E-state index contributed by atoms with van der Waals surface area (Å²) in [7, 11) is 0. The molecule has 2 aliphatic heterocycles. The minimum absolute atomic E-state index is 0.0656. The number of carbonyl (C=O) groups is 2. The van der Waals surface area contributed by atoms with Gasteiger partial charge in [0.1, 0.15) is 6.10 Å². The second-order valence-electron chi connectivity index (χ2n) is 6.90. The average Bonchev–Trinajstić information content (AvgIpc) is 3.15. The van der Waals surface area contributed by atoms with E-state index in [-0.39, 0.29) is 18.0 Å². The summed E-state index contributed by atoms with van der Waals surface area (Å²) >= 11 is 0. The zero-order valence-electron chi connectivity index (χ0n) is 15.1. The fraction of sp³-hybridized carbons (Fsp3) is 0.579. The first kappa shape index (κ1) is 17.7. The van der Waals surface area contributed by atoms with Crippen LogP contribution in [0.15, 0.2) is 18.2 Å². The third-order valence-electron chi connectivity index (χ3n) is 5.01. The van der Waals surface area contributed by atoms with Crippen molar-refractivity contribution in [2.75, 3.05) is 32.8 Å². The van der Waals surface area contributed by atoms with E-state index in [4.69, 9.17) is 4.74 Å². The SMILES string of the molecule is Cc1ccc(CNC(=O)N2CCN(C(=O)C3CCCO3)CC2)c(C)c1. The molecule has 136 valence electrons. The lowest BCUT2D eigenvalue weighted by Crippen LogP contribution is -2.54. The molecule has 1 aromatic rings. The Labute approximate surface area is 149 Å². The molecular weight excluding hydrogens is 318 g/mol. The van der Waals surface area contributed by atoms with Gasteiger partial charge >= 0.3 is 6.03 Å². The Morgan fingerprint density at radius 1 is 1.16 bits per heavy atom. The van der Waals surface area contributed by atoms with Crippen LogP contribution in [0.3, 0.4) is 0 Å². The number of piperazine rings is 1. The molecule has 2 aliphatic rings. The molecule has 0 radical (unpaired) electrons. The number of rotatable bonds is 3. The van der Waals surface area contributed by atoms with E-state index in [9.17, 15) is 9.59 Å². The Kier molecular flexibility index (Phi) is 5.58. The van der Waals surface area contributed by atoms with E-state index >= 15 is 0 Å². The maximum absolute atomic E-state index is 12.4. The monoisotopic (exact) mass is 345 g/mol. The second-order valence-corrected chi connectivity index (χ2v) is 6.90. The smallest absolute Gasteiger partial charge is 0.317 e. The predicted octanol–water partition coefficient (Wildman–Crippen LogP) is 1.84. The number of nitrogens with zero attached hydrogens (tertiary/aromatic N) is 2. The highest BCUT2D eigenvalue weighted by Gasteiger charge is 2.31. The molecule has 0 aliphatic carbocycles. The van der Waals surface area contributed by atoms with Crippen molar-refractivity contribution in [3.8, 4) is 0 Å². The highest BCUT2D eigenvalue weighted by molar-refractivity contribution is 5.81. The van der Waals surface area contributed by atoms with Gasteiger partial charge in [-0.05, 0) is 37.8 Å². The van der Waals surface area contributed by atoms with Crippen molar-refractivity contribution in [1.29, 1.82) is 0 Å². The maximum atomic E-state index is 12.4. The molecule has 2 heterocycles. The van der Waals surface area contributed by atoms with Crippen LogP contribution in [0.2, 0.25) is 0 Å². The topological polar surface area (TPSA) is 61.9 Å². The van der Waals surface area contributed by atoms with Crippen LogP contribution in [0.1, 0.15) is 29.5 Å². The quantitative estimate of drug-likeness (QED) is 0.909. The first-order chi connectivity index (χ1) is 12.0. The predicted molar refractivity (Wildman–Crippen MR) is 95.3 cm³/mol. The Morgan fingerprint density at radius 2 is 1.88 bits per heavy atom. The maximum Gasteiger partial charge on any atom is 0.317 e. The summed E-state index contributed by atoms with van der Waals surface area (Å²) in [4.78, 5) is 28.3. The van der Waals surface area contributed by atoms with Crippen LogP contribution in [0.5, 0.6) is 0 Å². The molecule has 1 N–H and O–H groups in total. The van der Waals surface area contributed by atoms with Gasteiger partial charge in [0.05, 0.1) is 0 Å². The normalized spacial score (nSPS) is 20.6. The number of urea groups is 1. The summed E-state index contributed by atoms with van der Waals surface area (Å²) in [5, 5.41) is 2.99. The lowest BCUT2D eigenvalue weighted by molar-refractivity contribution is -0.142. The third-order valence-corrected chi connectivity index (χ3v) is 5.01. The highest BCUT2D eigenvalue weighted by Crippen LogP contribution is 2.16. The molecule has 3 rings (SSSR count). The average molecular weight is 345 g/mol. The van der Waals surface area contributed by atoms with Gasteiger partial charge in [0.15, 0.2) is 0 Å². The van der Waals surface area contributed by atoms with Crippen molar-refractivity contribution in [1.82, 2.24) is 15.1 Å². The lowest BCUT2D eigenvalue weighted by Gasteiger charge is -2.35. The fourth-order valence-electron chi connectivity index (χ4n) is 3.43. The fourth-order valence-corrected chi connectivity index (χ4v) is 3.43. The van der Waals surface area contributed by atoms with E-state index in [0.717, 1.165) is 18.4 Å². The van der Waals surface area contributed by atoms with E-state index in [1.165, 1.54) is 11.1 Å². The summed E-state index contributed by atoms with van der Waals surface area (Å²) in [6.07, 6.45) is 1.50. The van der Waals surface area contributed by atoms with Gasteiger partial charge in [-0.3, -0.25) is 4.79 Å². The third kappa shape index (κ3) is 4.31. The van der Waals surface area contributed by atoms with Gasteiger partial charge in [0.2, 0.25) is 0 Å². The van der Waals surface area contributed by atoms with Crippen molar-refractivity contribution >= 4 is 11.9 Å². The molecular formula is C19H27N3O3. The van der Waals surface area contributed by atoms with Gasteiger partial charge in [-0.1, -0.05) is 23.8 Å². The van der Waals surface area contributed by atoms with E-state index in [1.54, 1.807) is 4.90 Å². The molecule has 6 nitrogen and oxygen atoms in total. The number of aryl methyl sites for hydroxylation is 2. The van der Waals surface area contributed by atoms with E-state index in [0.29, 0.717) is 39.3 Å². The number of benzene rings is 1. The minimum Gasteiger partial charge on any atom is -0.368 e. The summed E-state index contributed by atoms with van der Waals surface area (Å²) in [6.45, 7) is 7.62. The van der Waals surface area contributed by atoms with Gasteiger partial charge in [0.25, 0.3) is 5.91 Å². The summed E-state index contributed by atoms with van der Waals surface area (Å²) in [5.41, 5.74) is 3.54. The van der Waals surface area contributed by atoms with E-state index in [1.807, 2.05) is 4.90 Å². The van der Waals surface area contributed by atoms with Gasteiger partial charge in [0, 0.05) is 39.3 Å². The van der Waals surface area contributed by atoms with Gasteiger partial charge in [-0.15, -0.1) is 0 Å². The standard InChI is InChI=1S/C19H27N3O3/c1-14-5-6-16(15(2)12-14)13-20-19(24)22-9-7-21(8-10-22)18(23)17-4-3-11-25-17/h5-6,12,17H,3-4,7-11,13H2,1-2H3,(H,20,24). The molecule has 2 saturated heterocycles. The van der Waals surface area contributed by atoms with Crippen molar-refractivity contribution in [3.05, 3.63) is 34.9 Å². The molecule has 0 bridgehead atoms. The molecule has 0 spiro atoms. The number of nitrogens with one attached hydrogen (secondary N) is 1. The number of amides is 3. The summed E-state index contributed by atoms with van der Waals surface area (Å²) in [6, 6.07) is 6.17. The van der Waals surface area contributed by atoms with Crippen LogP contribution in [0, 0.1) is 13.8 Å². The van der Waals surface area contributed by atoms with Crippen LogP contribution in [0.25, 0.3) is 0 Å². The zero-order valence-corrected chi connectivity index (χ0v) is 15.1. The Bertz CT molecular complexity index is 633. The molecule has 3 amide bonds. The van der Waals surface area contributed by atoms with E-state index < -0.39 is 0 Å². The summed E-state index contributed by atoms with van der Waals surface area (Å²) in [5.74, 6) is 0.0767. The Hall–Kier alpha value is -2.08. The number of hydrogen-bond donors (Lipinski definition) is 1. The molecule has 1 aromatic carbocycles. The van der Waals surface area contributed by atoms with Crippen molar-refractivity contribution in [2.45, 2.75) is 39.3 Å². The first-order valence-electron chi connectivity index (χ1n) is 9.04. The Balaban J connectivity index is 1.45. The van der Waals surface area contributed by atoms with Gasteiger partial charge < -0.3 is 19.9 Å². The second kappa shape index (κ2) is 7.87. The minimum atomic E-state index is -0.273. The Morgan fingerprint density at radius 3 is 2.52 bits per heavy atom. The van der Waals surface area contributed by atoms with Crippen molar-refractivity contribution in [3.63, 3.8) is 0 Å². The highest BCUT2D eigenvalue weighted by atomic mass is 16.5. The van der Waals surface area contributed by atoms with Crippen molar-refractivity contribution < 1.29 is 14.3 Å². The number of carbonyl (C=O) groups excluding carboxylic acids is 2. The van der Waals surface area contributed by atoms with Crippen LogP contribution in [-0.4, -0.2) is 60.6 Å². The van der Waals surface area contributed by atoms with Crippen LogP contribution in [0.4, 0.5) is 4.79 Å². The molecule has 1 atom stereocenters. The van der Waals surface area contributed by atoms with Crippen LogP contribution in [-0.2, 0) is 16.1 Å². The molecule has 0 saturated carbocycles. The number of ether oxygens (including phenoxy) is 1. The molecule has 0 aromatic heterocycles. The summed E-state index contributed by atoms with van der Waals surface area (Å²) < 4.78 is 5.47. The first-order valence-corrected chi connectivity index (χ1v) is 9.04. The lowest BCUT2D eigenvalue weighted by atomic mass is 10.1. The van der Waals surface area contributed by atoms with Gasteiger partial charge in [-0.25, -0.2) is 4.79 Å². The van der Waals surface area contributed by atoms with Gasteiger partial charge in [-0.2, -0.15) is 0 Å². The molecule has 25 heavy (non-hydrogen) atoms. The van der Waals surface area contributed by atoms with Crippen LogP contribution >= 0.6 is 0 Å². The molecule has 6 heteroatoms. The molecule has 1 unspecified atom stereocenters. The molecule has 2 fully saturated rings.